The fraction of sp³-hybridized carbons (Fsp3) is 0.529. The van der Waals surface area contributed by atoms with Gasteiger partial charge in [0.1, 0.15) is 16.9 Å². The minimum Gasteiger partial charge on any atom is -0.458 e. The van der Waals surface area contributed by atoms with E-state index in [0.29, 0.717) is 0 Å². The van der Waals surface area contributed by atoms with Gasteiger partial charge in [-0.1, -0.05) is 31.5 Å². The molecule has 0 bridgehead atoms. The highest BCUT2D eigenvalue weighted by molar-refractivity contribution is 5.81. The molecule has 1 aliphatic carbocycles. The molecule has 0 unspecified atom stereocenters. The molecule has 3 rings (SSSR count). The molecule has 1 aromatic carbocycles. The number of furan rings is 1. The Morgan fingerprint density at radius 1 is 1.32 bits per heavy atom. The van der Waals surface area contributed by atoms with Crippen LogP contribution in [0, 0.1) is 12.8 Å². The molecule has 1 saturated carbocycles. The first-order valence-electron chi connectivity index (χ1n) is 7.34. The van der Waals surface area contributed by atoms with E-state index in [4.69, 9.17) is 4.42 Å². The Morgan fingerprint density at radius 3 is 2.68 bits per heavy atom. The first-order chi connectivity index (χ1) is 9.12. The van der Waals surface area contributed by atoms with Crippen molar-refractivity contribution in [2.75, 3.05) is 0 Å². The van der Waals surface area contributed by atoms with E-state index in [-0.39, 0.29) is 0 Å². The molecule has 19 heavy (non-hydrogen) atoms. The SMILES string of the molecule is CCC1CCC(O)(c2cc3cccc(C)c3o2)CC1. The van der Waals surface area contributed by atoms with E-state index >= 15 is 0 Å². The van der Waals surface area contributed by atoms with Crippen LogP contribution in [0.15, 0.2) is 28.7 Å². The first kappa shape index (κ1) is 12.7. The van der Waals surface area contributed by atoms with Crippen molar-refractivity contribution in [3.63, 3.8) is 0 Å². The van der Waals surface area contributed by atoms with Crippen molar-refractivity contribution in [1.82, 2.24) is 0 Å². The van der Waals surface area contributed by atoms with Crippen LogP contribution in [-0.2, 0) is 5.60 Å². The van der Waals surface area contributed by atoms with E-state index in [9.17, 15) is 5.11 Å². The molecular weight excluding hydrogens is 236 g/mol. The van der Waals surface area contributed by atoms with Crippen molar-refractivity contribution in [3.05, 3.63) is 35.6 Å². The summed E-state index contributed by atoms with van der Waals surface area (Å²) in [7, 11) is 0. The normalized spacial score (nSPS) is 27.8. The van der Waals surface area contributed by atoms with Gasteiger partial charge in [0.25, 0.3) is 0 Å². The molecule has 1 N–H and O–H groups in total. The maximum Gasteiger partial charge on any atom is 0.137 e. The van der Waals surface area contributed by atoms with Crippen molar-refractivity contribution in [2.24, 2.45) is 5.92 Å². The molecule has 1 fully saturated rings. The zero-order valence-electron chi connectivity index (χ0n) is 11.8. The summed E-state index contributed by atoms with van der Waals surface area (Å²) in [5, 5.41) is 12.0. The van der Waals surface area contributed by atoms with E-state index in [2.05, 4.69) is 13.0 Å². The molecule has 2 heteroatoms. The maximum atomic E-state index is 10.9. The lowest BCUT2D eigenvalue weighted by Gasteiger charge is -2.34. The fourth-order valence-corrected chi connectivity index (χ4v) is 3.25. The maximum absolute atomic E-state index is 10.9. The molecule has 0 saturated heterocycles. The lowest BCUT2D eigenvalue weighted by atomic mass is 9.76. The van der Waals surface area contributed by atoms with Gasteiger partial charge in [0.05, 0.1) is 0 Å². The van der Waals surface area contributed by atoms with Crippen LogP contribution in [0.2, 0.25) is 0 Å². The first-order valence-corrected chi connectivity index (χ1v) is 7.34. The van der Waals surface area contributed by atoms with Crippen LogP contribution in [0.4, 0.5) is 0 Å². The molecule has 2 aromatic rings. The summed E-state index contributed by atoms with van der Waals surface area (Å²) < 4.78 is 5.96. The summed E-state index contributed by atoms with van der Waals surface area (Å²) >= 11 is 0. The summed E-state index contributed by atoms with van der Waals surface area (Å²) in [6.07, 6.45) is 5.07. The minimum atomic E-state index is -0.753. The molecule has 1 aromatic heterocycles. The molecule has 0 amide bonds. The van der Waals surface area contributed by atoms with Gasteiger partial charge in [0.2, 0.25) is 0 Å². The lowest BCUT2D eigenvalue weighted by Crippen LogP contribution is -2.30. The minimum absolute atomic E-state index is 0.753. The monoisotopic (exact) mass is 258 g/mol. The Morgan fingerprint density at radius 2 is 2.05 bits per heavy atom. The van der Waals surface area contributed by atoms with Gasteiger partial charge in [-0.25, -0.2) is 0 Å². The molecule has 0 aliphatic heterocycles. The molecule has 0 spiro atoms. The zero-order chi connectivity index (χ0) is 13.5. The standard InChI is InChI=1S/C17H22O2/c1-3-13-7-9-17(18,10-8-13)15-11-14-6-4-5-12(2)16(14)19-15/h4-6,11,13,18H,3,7-10H2,1-2H3. The smallest absolute Gasteiger partial charge is 0.137 e. The highest BCUT2D eigenvalue weighted by atomic mass is 16.4. The molecule has 0 atom stereocenters. The predicted molar refractivity (Wildman–Crippen MR) is 77.1 cm³/mol. The molecule has 102 valence electrons. The zero-order valence-corrected chi connectivity index (χ0v) is 11.8. The fourth-order valence-electron chi connectivity index (χ4n) is 3.25. The highest BCUT2D eigenvalue weighted by Crippen LogP contribution is 2.42. The number of aryl methyl sites for hydroxylation is 1. The van der Waals surface area contributed by atoms with Crippen molar-refractivity contribution >= 4 is 11.0 Å². The number of aliphatic hydroxyl groups is 1. The average Bonchev–Trinajstić information content (AvgIpc) is 2.86. The van der Waals surface area contributed by atoms with E-state index in [1.807, 2.05) is 25.1 Å². The Hall–Kier alpha value is -1.28. The van der Waals surface area contributed by atoms with Crippen LogP contribution in [0.1, 0.15) is 50.4 Å². The molecule has 0 radical (unpaired) electrons. The largest absolute Gasteiger partial charge is 0.458 e. The number of hydrogen-bond donors (Lipinski definition) is 1. The number of fused-ring (bicyclic) bond motifs is 1. The topological polar surface area (TPSA) is 33.4 Å². The molecule has 1 heterocycles. The third-order valence-electron chi connectivity index (χ3n) is 4.71. The van der Waals surface area contributed by atoms with Crippen molar-refractivity contribution < 1.29 is 9.52 Å². The molecule has 2 nitrogen and oxygen atoms in total. The van der Waals surface area contributed by atoms with Crippen LogP contribution in [-0.4, -0.2) is 5.11 Å². The Kier molecular flexibility index (Phi) is 3.14. The van der Waals surface area contributed by atoms with Crippen LogP contribution in [0.25, 0.3) is 11.0 Å². The van der Waals surface area contributed by atoms with Gasteiger partial charge in [-0.3, -0.25) is 0 Å². The van der Waals surface area contributed by atoms with Crippen molar-refractivity contribution in [3.8, 4) is 0 Å². The van der Waals surface area contributed by atoms with Crippen LogP contribution in [0.5, 0.6) is 0 Å². The van der Waals surface area contributed by atoms with E-state index in [0.717, 1.165) is 53.9 Å². The second kappa shape index (κ2) is 4.68. The van der Waals surface area contributed by atoms with Gasteiger partial charge in [-0.15, -0.1) is 0 Å². The van der Waals surface area contributed by atoms with Crippen LogP contribution >= 0.6 is 0 Å². The summed E-state index contributed by atoms with van der Waals surface area (Å²) in [5.41, 5.74) is 1.30. The molecule has 1 aliphatic rings. The third-order valence-corrected chi connectivity index (χ3v) is 4.71. The van der Waals surface area contributed by atoms with Gasteiger partial charge >= 0.3 is 0 Å². The summed E-state index contributed by atoms with van der Waals surface area (Å²) in [5.74, 6) is 1.53. The predicted octanol–water partition coefficient (Wildman–Crippen LogP) is 4.53. The van der Waals surface area contributed by atoms with Gasteiger partial charge in [-0.05, 0) is 50.2 Å². The van der Waals surface area contributed by atoms with E-state index in [1.54, 1.807) is 0 Å². The number of hydrogen-bond acceptors (Lipinski definition) is 2. The van der Waals surface area contributed by atoms with Gasteiger partial charge in [-0.2, -0.15) is 0 Å². The second-order valence-corrected chi connectivity index (χ2v) is 5.99. The Labute approximate surface area is 114 Å². The third kappa shape index (κ3) is 2.18. The number of benzene rings is 1. The van der Waals surface area contributed by atoms with Crippen LogP contribution in [0.3, 0.4) is 0 Å². The lowest BCUT2D eigenvalue weighted by molar-refractivity contribution is -0.0312. The number of rotatable bonds is 2. The van der Waals surface area contributed by atoms with Gasteiger partial charge in [0, 0.05) is 5.39 Å². The van der Waals surface area contributed by atoms with Crippen LogP contribution < -0.4 is 0 Å². The van der Waals surface area contributed by atoms with E-state index in [1.165, 1.54) is 6.42 Å². The summed E-state index contributed by atoms with van der Waals surface area (Å²) in [4.78, 5) is 0. The van der Waals surface area contributed by atoms with Gasteiger partial charge in [0.15, 0.2) is 0 Å². The summed E-state index contributed by atoms with van der Waals surface area (Å²) in [6, 6.07) is 8.16. The Bertz CT molecular complexity index is 574. The molecular formula is C17H22O2. The van der Waals surface area contributed by atoms with Crippen molar-refractivity contribution in [1.29, 1.82) is 0 Å². The van der Waals surface area contributed by atoms with Crippen molar-refractivity contribution in [2.45, 2.75) is 51.6 Å². The second-order valence-electron chi connectivity index (χ2n) is 5.99. The van der Waals surface area contributed by atoms with E-state index < -0.39 is 5.60 Å². The highest BCUT2D eigenvalue weighted by Gasteiger charge is 2.37. The summed E-state index contributed by atoms with van der Waals surface area (Å²) in [6.45, 7) is 4.28. The number of para-hydroxylation sites is 1. The van der Waals surface area contributed by atoms with Gasteiger partial charge < -0.3 is 9.52 Å². The average molecular weight is 258 g/mol. The Balaban J connectivity index is 1.93. The quantitative estimate of drug-likeness (QED) is 0.858.